The van der Waals surface area contributed by atoms with Gasteiger partial charge in [-0.1, -0.05) is 11.6 Å². The molecule has 0 amide bonds. The summed E-state index contributed by atoms with van der Waals surface area (Å²) in [7, 11) is 0. The minimum Gasteiger partial charge on any atom is -0.506 e. The molecule has 3 aromatic rings. The quantitative estimate of drug-likeness (QED) is 0.380. The van der Waals surface area contributed by atoms with Gasteiger partial charge in [0, 0.05) is 45.8 Å². The number of halogens is 1. The number of nitrogens with zero attached hydrogens (tertiary/aromatic N) is 1. The van der Waals surface area contributed by atoms with Crippen molar-refractivity contribution in [1.82, 2.24) is 4.98 Å². The number of fused-ring (bicyclic) bond motifs is 2. The highest BCUT2D eigenvalue weighted by Gasteiger charge is 2.18. The van der Waals surface area contributed by atoms with Crippen LogP contribution in [0.1, 0.15) is 5.56 Å². The van der Waals surface area contributed by atoms with Gasteiger partial charge in [-0.3, -0.25) is 0 Å². The normalized spacial score (nSPS) is 13.4. The van der Waals surface area contributed by atoms with Crippen LogP contribution in [-0.2, 0) is 0 Å². The Morgan fingerprint density at radius 2 is 2.13 bits per heavy atom. The highest BCUT2D eigenvalue weighted by molar-refractivity contribution is 7.98. The Labute approximate surface area is 141 Å². The maximum atomic E-state index is 10.0. The molecular weight excluding hydrogens is 332 g/mol. The first-order valence-corrected chi connectivity index (χ1v) is 8.15. The van der Waals surface area contributed by atoms with E-state index in [1.807, 2.05) is 24.4 Å². The lowest BCUT2D eigenvalue weighted by molar-refractivity contribution is 0.476. The molecule has 116 valence electrons. The van der Waals surface area contributed by atoms with Crippen molar-refractivity contribution in [1.29, 1.82) is 0 Å². The van der Waals surface area contributed by atoms with Gasteiger partial charge in [-0.25, -0.2) is 0 Å². The standard InChI is InChI=1S/C16H13ClN4OS/c1-8-10-4-5-18-12(10)3-2-11(8)19-16-20-15-13(22)6-9(17)7-14(15)23-21-16/h2-7,18,22H,1H3,(H2,19,20,21). The molecule has 2 aromatic carbocycles. The fourth-order valence-corrected chi connectivity index (χ4v) is 3.59. The van der Waals surface area contributed by atoms with Crippen LogP contribution in [0.5, 0.6) is 5.75 Å². The summed E-state index contributed by atoms with van der Waals surface area (Å²) < 4.78 is 4.39. The van der Waals surface area contributed by atoms with Crippen molar-refractivity contribution in [3.63, 3.8) is 0 Å². The summed E-state index contributed by atoms with van der Waals surface area (Å²) >= 11 is 7.21. The Hall–Kier alpha value is -2.31. The zero-order valence-electron chi connectivity index (χ0n) is 12.1. The van der Waals surface area contributed by atoms with E-state index in [4.69, 9.17) is 11.6 Å². The van der Waals surface area contributed by atoms with Crippen LogP contribution in [0.2, 0.25) is 5.02 Å². The van der Waals surface area contributed by atoms with Crippen molar-refractivity contribution in [2.24, 2.45) is 4.40 Å². The molecule has 2 heterocycles. The van der Waals surface area contributed by atoms with Crippen LogP contribution in [-0.4, -0.2) is 16.1 Å². The van der Waals surface area contributed by atoms with E-state index in [9.17, 15) is 5.11 Å². The number of phenolic OH excluding ortho intramolecular Hbond substituents is 1. The van der Waals surface area contributed by atoms with E-state index in [1.54, 1.807) is 6.07 Å². The van der Waals surface area contributed by atoms with E-state index in [0.717, 1.165) is 27.0 Å². The van der Waals surface area contributed by atoms with Crippen LogP contribution < -0.4 is 10.6 Å². The van der Waals surface area contributed by atoms with Crippen molar-refractivity contribution < 1.29 is 5.11 Å². The predicted molar refractivity (Wildman–Crippen MR) is 96.7 cm³/mol. The van der Waals surface area contributed by atoms with Crippen molar-refractivity contribution in [3.05, 3.63) is 47.1 Å². The SMILES string of the molecule is Cc1c(NC2=NSc3cc(Cl)cc(O)c3N2)ccc2[nH]ccc12. The monoisotopic (exact) mass is 344 g/mol. The molecule has 1 aliphatic heterocycles. The zero-order valence-corrected chi connectivity index (χ0v) is 13.7. The van der Waals surface area contributed by atoms with Crippen LogP contribution in [0.15, 0.2) is 45.8 Å². The molecule has 0 atom stereocenters. The Morgan fingerprint density at radius 1 is 1.26 bits per heavy atom. The predicted octanol–water partition coefficient (Wildman–Crippen LogP) is 4.74. The molecule has 0 saturated heterocycles. The largest absolute Gasteiger partial charge is 0.506 e. The van der Waals surface area contributed by atoms with Gasteiger partial charge < -0.3 is 20.7 Å². The van der Waals surface area contributed by atoms with Gasteiger partial charge in [-0.2, -0.15) is 4.40 Å². The molecule has 1 aliphatic rings. The third-order valence-electron chi connectivity index (χ3n) is 3.78. The number of hydrogen-bond donors (Lipinski definition) is 4. The number of anilines is 2. The maximum absolute atomic E-state index is 10.0. The Bertz CT molecular complexity index is 951. The van der Waals surface area contributed by atoms with Crippen LogP contribution in [0.4, 0.5) is 11.4 Å². The van der Waals surface area contributed by atoms with Gasteiger partial charge in [0.15, 0.2) is 0 Å². The number of guanidine groups is 1. The van der Waals surface area contributed by atoms with Gasteiger partial charge in [0.05, 0.1) is 10.6 Å². The molecule has 7 heteroatoms. The molecular formula is C16H13ClN4OS. The molecule has 0 unspecified atom stereocenters. The van der Waals surface area contributed by atoms with Crippen LogP contribution in [0.25, 0.3) is 10.9 Å². The molecule has 0 saturated carbocycles. The summed E-state index contributed by atoms with van der Waals surface area (Å²) in [5.41, 5.74) is 3.79. The fraction of sp³-hybridized carbons (Fsp3) is 0.0625. The Morgan fingerprint density at radius 3 is 3.00 bits per heavy atom. The average molecular weight is 345 g/mol. The Kier molecular flexibility index (Phi) is 3.36. The number of aryl methyl sites for hydroxylation is 1. The number of H-pyrrole nitrogens is 1. The molecule has 5 nitrogen and oxygen atoms in total. The maximum Gasteiger partial charge on any atom is 0.212 e. The summed E-state index contributed by atoms with van der Waals surface area (Å²) in [5, 5.41) is 18.1. The number of rotatable bonds is 1. The van der Waals surface area contributed by atoms with Gasteiger partial charge in [0.2, 0.25) is 5.96 Å². The van der Waals surface area contributed by atoms with Gasteiger partial charge >= 0.3 is 0 Å². The molecule has 23 heavy (non-hydrogen) atoms. The molecule has 0 radical (unpaired) electrons. The third-order valence-corrected chi connectivity index (χ3v) is 4.79. The van der Waals surface area contributed by atoms with Crippen molar-refractivity contribution in [3.8, 4) is 5.75 Å². The van der Waals surface area contributed by atoms with Crippen molar-refractivity contribution >= 4 is 51.8 Å². The third kappa shape index (κ3) is 2.50. The number of phenols is 1. The summed E-state index contributed by atoms with van der Waals surface area (Å²) in [6.07, 6.45) is 1.92. The fourth-order valence-electron chi connectivity index (χ4n) is 2.60. The van der Waals surface area contributed by atoms with E-state index in [2.05, 4.69) is 26.9 Å². The van der Waals surface area contributed by atoms with Gasteiger partial charge in [0.25, 0.3) is 0 Å². The Balaban J connectivity index is 1.64. The number of aromatic amines is 1. The molecule has 0 fully saturated rings. The number of nitrogens with one attached hydrogen (secondary N) is 3. The van der Waals surface area contributed by atoms with Crippen LogP contribution in [0, 0.1) is 6.92 Å². The minimum atomic E-state index is 0.104. The first-order valence-electron chi connectivity index (χ1n) is 7.00. The lowest BCUT2D eigenvalue weighted by atomic mass is 10.1. The molecule has 0 bridgehead atoms. The van der Waals surface area contributed by atoms with E-state index in [1.165, 1.54) is 18.0 Å². The summed E-state index contributed by atoms with van der Waals surface area (Å²) in [6.45, 7) is 2.06. The number of aromatic nitrogens is 1. The van der Waals surface area contributed by atoms with Crippen molar-refractivity contribution in [2.75, 3.05) is 10.6 Å². The van der Waals surface area contributed by atoms with Gasteiger partial charge in [0.1, 0.15) is 5.75 Å². The van der Waals surface area contributed by atoms with Gasteiger partial charge in [-0.05, 0) is 36.8 Å². The number of hydrogen-bond acceptors (Lipinski definition) is 5. The highest BCUT2D eigenvalue weighted by atomic mass is 35.5. The molecule has 4 N–H and O–H groups in total. The second-order valence-corrected chi connectivity index (χ2v) is 6.50. The number of benzene rings is 2. The topological polar surface area (TPSA) is 72.4 Å². The van der Waals surface area contributed by atoms with E-state index >= 15 is 0 Å². The van der Waals surface area contributed by atoms with Crippen LogP contribution in [0.3, 0.4) is 0 Å². The lowest BCUT2D eigenvalue weighted by Gasteiger charge is -2.20. The lowest BCUT2D eigenvalue weighted by Crippen LogP contribution is -2.24. The summed E-state index contributed by atoms with van der Waals surface area (Å²) in [5.74, 6) is 0.671. The van der Waals surface area contributed by atoms with E-state index < -0.39 is 0 Å². The van der Waals surface area contributed by atoms with Gasteiger partial charge in [-0.15, -0.1) is 0 Å². The molecule has 1 aromatic heterocycles. The summed E-state index contributed by atoms with van der Waals surface area (Å²) in [6, 6.07) is 9.34. The second kappa shape index (κ2) is 5.40. The number of aromatic hydroxyl groups is 1. The van der Waals surface area contributed by atoms with E-state index in [0.29, 0.717) is 16.7 Å². The zero-order chi connectivity index (χ0) is 16.0. The smallest absolute Gasteiger partial charge is 0.212 e. The first-order chi connectivity index (χ1) is 11.1. The van der Waals surface area contributed by atoms with Crippen molar-refractivity contribution in [2.45, 2.75) is 11.8 Å². The molecule has 0 spiro atoms. The average Bonchev–Trinajstić information content (AvgIpc) is 3.00. The van der Waals surface area contributed by atoms with E-state index in [-0.39, 0.29) is 5.75 Å². The van der Waals surface area contributed by atoms with Crippen LogP contribution >= 0.6 is 23.5 Å². The summed E-state index contributed by atoms with van der Waals surface area (Å²) in [4.78, 5) is 3.98. The minimum absolute atomic E-state index is 0.104. The first kappa shape index (κ1) is 14.3. The highest BCUT2D eigenvalue weighted by Crippen LogP contribution is 2.40. The second-order valence-electron chi connectivity index (χ2n) is 5.26. The molecule has 0 aliphatic carbocycles. The molecule has 4 rings (SSSR count).